The fourth-order valence-corrected chi connectivity index (χ4v) is 3.69. The number of nitrogens with zero attached hydrogens (tertiary/aromatic N) is 1. The predicted molar refractivity (Wildman–Crippen MR) is 101 cm³/mol. The molecule has 0 spiro atoms. The minimum absolute atomic E-state index is 0.0113. The summed E-state index contributed by atoms with van der Waals surface area (Å²) in [5.74, 6) is 0. The van der Waals surface area contributed by atoms with Crippen LogP contribution >= 0.6 is 0 Å². The number of hydrogen-bond donors (Lipinski definition) is 1. The molecule has 0 aliphatic carbocycles. The van der Waals surface area contributed by atoms with Gasteiger partial charge < -0.3 is 0 Å². The molecule has 0 aliphatic rings. The molecule has 1 heterocycles. The first-order chi connectivity index (χ1) is 11.8. The van der Waals surface area contributed by atoms with Crippen LogP contribution in [0.1, 0.15) is 32.0 Å². The maximum atomic E-state index is 12.6. The number of sulfonamides is 1. The van der Waals surface area contributed by atoms with E-state index in [1.165, 1.54) is 0 Å². The van der Waals surface area contributed by atoms with Crippen LogP contribution in [0.4, 0.5) is 0 Å². The zero-order valence-electron chi connectivity index (χ0n) is 14.7. The van der Waals surface area contributed by atoms with Crippen LogP contribution in [-0.2, 0) is 22.0 Å². The number of pyridine rings is 1. The van der Waals surface area contributed by atoms with Gasteiger partial charge >= 0.3 is 0 Å². The standard InChI is InChI=1S/C20H22N2O2S/c1-20(2,3)16-8-10-17(11-9-16)25(23,24)22-14-19-18-7-5-4-6-15(18)12-13-21-19/h4-13,22H,14H2,1-3H3. The third-order valence-electron chi connectivity index (χ3n) is 4.22. The Morgan fingerprint density at radius 1 is 0.960 bits per heavy atom. The number of nitrogens with one attached hydrogen (secondary N) is 1. The van der Waals surface area contributed by atoms with Crippen LogP contribution in [0.25, 0.3) is 10.8 Å². The number of aromatic nitrogens is 1. The largest absolute Gasteiger partial charge is 0.259 e. The summed E-state index contributed by atoms with van der Waals surface area (Å²) >= 11 is 0. The van der Waals surface area contributed by atoms with Crippen LogP contribution in [0.3, 0.4) is 0 Å². The molecule has 2 aromatic carbocycles. The van der Waals surface area contributed by atoms with Crippen molar-refractivity contribution in [2.45, 2.75) is 37.6 Å². The van der Waals surface area contributed by atoms with Crippen molar-refractivity contribution in [3.8, 4) is 0 Å². The van der Waals surface area contributed by atoms with Gasteiger partial charge in [0, 0.05) is 11.6 Å². The molecule has 4 nitrogen and oxygen atoms in total. The number of rotatable bonds is 4. The normalized spacial score (nSPS) is 12.4. The SMILES string of the molecule is CC(C)(C)c1ccc(S(=O)(=O)NCc2nccc3ccccc23)cc1. The highest BCUT2D eigenvalue weighted by atomic mass is 32.2. The first-order valence-corrected chi connectivity index (χ1v) is 9.68. The molecule has 1 aromatic heterocycles. The Labute approximate surface area is 149 Å². The van der Waals surface area contributed by atoms with E-state index in [2.05, 4.69) is 30.5 Å². The zero-order valence-corrected chi connectivity index (χ0v) is 15.5. The average molecular weight is 354 g/mol. The van der Waals surface area contributed by atoms with Crippen LogP contribution in [0, 0.1) is 0 Å². The Kier molecular flexibility index (Phi) is 4.62. The highest BCUT2D eigenvalue weighted by molar-refractivity contribution is 7.89. The molecule has 1 N–H and O–H groups in total. The predicted octanol–water partition coefficient (Wildman–Crippen LogP) is 4.01. The van der Waals surface area contributed by atoms with E-state index in [1.54, 1.807) is 18.3 Å². The fourth-order valence-electron chi connectivity index (χ4n) is 2.70. The molecular weight excluding hydrogens is 332 g/mol. The topological polar surface area (TPSA) is 59.1 Å². The fraction of sp³-hybridized carbons (Fsp3) is 0.250. The molecule has 3 aromatic rings. The van der Waals surface area contributed by atoms with E-state index in [9.17, 15) is 8.42 Å². The molecule has 130 valence electrons. The molecule has 0 saturated heterocycles. The number of fused-ring (bicyclic) bond motifs is 1. The molecule has 0 radical (unpaired) electrons. The van der Waals surface area contributed by atoms with Gasteiger partial charge in [-0.05, 0) is 34.6 Å². The molecule has 0 aliphatic heterocycles. The lowest BCUT2D eigenvalue weighted by molar-refractivity contribution is 0.577. The quantitative estimate of drug-likeness (QED) is 0.770. The third-order valence-corrected chi connectivity index (χ3v) is 5.63. The minimum Gasteiger partial charge on any atom is -0.259 e. The summed E-state index contributed by atoms with van der Waals surface area (Å²) in [7, 11) is -3.58. The van der Waals surface area contributed by atoms with Crippen LogP contribution in [0.2, 0.25) is 0 Å². The van der Waals surface area contributed by atoms with Crippen molar-refractivity contribution in [1.29, 1.82) is 0 Å². The molecule has 25 heavy (non-hydrogen) atoms. The maximum Gasteiger partial charge on any atom is 0.240 e. The second-order valence-corrected chi connectivity index (χ2v) is 8.84. The minimum atomic E-state index is -3.58. The molecule has 0 bridgehead atoms. The zero-order chi connectivity index (χ0) is 18.1. The second-order valence-electron chi connectivity index (χ2n) is 7.08. The van der Waals surface area contributed by atoms with Crippen molar-refractivity contribution in [2.75, 3.05) is 0 Å². The summed E-state index contributed by atoms with van der Waals surface area (Å²) in [4.78, 5) is 4.59. The second kappa shape index (κ2) is 6.58. The van der Waals surface area contributed by atoms with E-state index in [0.717, 1.165) is 16.3 Å². The van der Waals surface area contributed by atoms with E-state index in [0.29, 0.717) is 5.69 Å². The summed E-state index contributed by atoms with van der Waals surface area (Å²) in [5.41, 5.74) is 1.80. The highest BCUT2D eigenvalue weighted by Gasteiger charge is 2.18. The van der Waals surface area contributed by atoms with E-state index < -0.39 is 10.0 Å². The lowest BCUT2D eigenvalue weighted by atomic mass is 9.87. The Morgan fingerprint density at radius 3 is 2.32 bits per heavy atom. The van der Waals surface area contributed by atoms with Gasteiger partial charge in [0.15, 0.2) is 0 Å². The summed E-state index contributed by atoms with van der Waals surface area (Å²) in [6.45, 7) is 6.45. The van der Waals surface area contributed by atoms with Crippen molar-refractivity contribution in [3.05, 3.63) is 72.1 Å². The van der Waals surface area contributed by atoms with Gasteiger partial charge in [-0.1, -0.05) is 57.2 Å². The van der Waals surface area contributed by atoms with Crippen LogP contribution in [-0.4, -0.2) is 13.4 Å². The van der Waals surface area contributed by atoms with Gasteiger partial charge in [-0.3, -0.25) is 4.98 Å². The molecule has 0 atom stereocenters. The van der Waals surface area contributed by atoms with Gasteiger partial charge in [-0.2, -0.15) is 0 Å². The Balaban J connectivity index is 1.82. The van der Waals surface area contributed by atoms with Crippen molar-refractivity contribution < 1.29 is 8.42 Å². The van der Waals surface area contributed by atoms with E-state index in [-0.39, 0.29) is 16.9 Å². The van der Waals surface area contributed by atoms with Crippen molar-refractivity contribution in [2.24, 2.45) is 0 Å². The molecular formula is C20H22N2O2S. The summed E-state index contributed by atoms with van der Waals surface area (Å²) in [5, 5.41) is 2.00. The first kappa shape index (κ1) is 17.6. The Hall–Kier alpha value is -2.24. The highest BCUT2D eigenvalue weighted by Crippen LogP contribution is 2.23. The van der Waals surface area contributed by atoms with Crippen molar-refractivity contribution >= 4 is 20.8 Å². The van der Waals surface area contributed by atoms with E-state index in [4.69, 9.17) is 0 Å². The van der Waals surface area contributed by atoms with Crippen LogP contribution in [0.15, 0.2) is 65.7 Å². The Morgan fingerprint density at radius 2 is 1.64 bits per heavy atom. The lowest BCUT2D eigenvalue weighted by Crippen LogP contribution is -2.24. The smallest absolute Gasteiger partial charge is 0.240 e. The number of benzene rings is 2. The molecule has 0 amide bonds. The van der Waals surface area contributed by atoms with Gasteiger partial charge in [0.25, 0.3) is 0 Å². The van der Waals surface area contributed by atoms with Gasteiger partial charge in [0.1, 0.15) is 0 Å². The molecule has 3 rings (SSSR count). The monoisotopic (exact) mass is 354 g/mol. The van der Waals surface area contributed by atoms with E-state index >= 15 is 0 Å². The van der Waals surface area contributed by atoms with Gasteiger partial charge in [-0.25, -0.2) is 13.1 Å². The third kappa shape index (κ3) is 3.89. The van der Waals surface area contributed by atoms with E-state index in [1.807, 2.05) is 42.5 Å². The lowest BCUT2D eigenvalue weighted by Gasteiger charge is -2.19. The summed E-state index contributed by atoms with van der Waals surface area (Å²) < 4.78 is 27.8. The number of hydrogen-bond acceptors (Lipinski definition) is 3. The summed E-state index contributed by atoms with van der Waals surface area (Å²) in [6.07, 6.45) is 1.70. The molecule has 5 heteroatoms. The van der Waals surface area contributed by atoms with Gasteiger partial charge in [-0.15, -0.1) is 0 Å². The maximum absolute atomic E-state index is 12.6. The van der Waals surface area contributed by atoms with Gasteiger partial charge in [0.05, 0.1) is 17.1 Å². The molecule has 0 unspecified atom stereocenters. The van der Waals surface area contributed by atoms with Gasteiger partial charge in [0.2, 0.25) is 10.0 Å². The van der Waals surface area contributed by atoms with Crippen molar-refractivity contribution in [1.82, 2.24) is 9.71 Å². The van der Waals surface area contributed by atoms with Crippen LogP contribution < -0.4 is 4.72 Å². The molecule has 0 fully saturated rings. The first-order valence-electron chi connectivity index (χ1n) is 8.20. The Bertz CT molecular complexity index is 983. The molecule has 0 saturated carbocycles. The van der Waals surface area contributed by atoms with Crippen molar-refractivity contribution in [3.63, 3.8) is 0 Å². The van der Waals surface area contributed by atoms with Crippen LogP contribution in [0.5, 0.6) is 0 Å². The summed E-state index contributed by atoms with van der Waals surface area (Å²) in [6, 6.07) is 16.8. The average Bonchev–Trinajstić information content (AvgIpc) is 2.59.